The molecule has 6 rings (SSSR count). The number of rotatable bonds is 1. The van der Waals surface area contributed by atoms with Crippen LogP contribution in [0, 0.1) is 52.3 Å². The van der Waals surface area contributed by atoms with E-state index in [1.165, 1.54) is 32.1 Å². The third kappa shape index (κ3) is 2.81. The highest BCUT2D eigenvalue weighted by atomic mass is 16.5. The van der Waals surface area contributed by atoms with E-state index in [1.807, 2.05) is 0 Å². The Morgan fingerprint density at radius 3 is 2.47 bits per heavy atom. The lowest BCUT2D eigenvalue weighted by atomic mass is 9.44. The van der Waals surface area contributed by atoms with Crippen molar-refractivity contribution in [1.29, 1.82) is 0 Å². The highest BCUT2D eigenvalue weighted by Crippen LogP contribution is 2.71. The van der Waals surface area contributed by atoms with Crippen LogP contribution in [0.3, 0.4) is 0 Å². The summed E-state index contributed by atoms with van der Waals surface area (Å²) in [7, 11) is 0. The Labute approximate surface area is 193 Å². The van der Waals surface area contributed by atoms with E-state index in [0.717, 1.165) is 43.6 Å². The van der Waals surface area contributed by atoms with E-state index < -0.39 is 11.8 Å². The molecular formula is C27H45NO4. The smallest absolute Gasteiger partial charge is 0.148 e. The van der Waals surface area contributed by atoms with Gasteiger partial charge in [0.15, 0.2) is 0 Å². The second-order valence-corrected chi connectivity index (χ2v) is 13.3. The molecule has 1 spiro atoms. The predicted molar refractivity (Wildman–Crippen MR) is 123 cm³/mol. The summed E-state index contributed by atoms with van der Waals surface area (Å²) in [6.07, 6.45) is 9.84. The second kappa shape index (κ2) is 7.40. The molecule has 0 unspecified atom stereocenters. The Balaban J connectivity index is 1.25. The number of aliphatic hydroxyl groups is 3. The summed E-state index contributed by atoms with van der Waals surface area (Å²) >= 11 is 0. The summed E-state index contributed by atoms with van der Waals surface area (Å²) in [5.41, 5.74) is 0.0750. The SMILES string of the molecule is C[C@@H]1[C@H]2[C@H](C[C@H]3[C@@H]4CC[C@H]5C[C@@H](O)CC[C@]5(C)[C@H]4CC[C@]23C)O[C@]12NC[C@@H](CO)C[C@H]2O. The van der Waals surface area contributed by atoms with Gasteiger partial charge in [-0.05, 0) is 104 Å². The Morgan fingerprint density at radius 2 is 1.72 bits per heavy atom. The first-order valence-electron chi connectivity index (χ1n) is 13.6. The molecule has 2 aliphatic heterocycles. The Kier molecular flexibility index (Phi) is 5.15. The summed E-state index contributed by atoms with van der Waals surface area (Å²) in [6.45, 7) is 8.30. The van der Waals surface area contributed by atoms with E-state index in [9.17, 15) is 15.3 Å². The van der Waals surface area contributed by atoms with Crippen LogP contribution in [0.5, 0.6) is 0 Å². The molecule has 0 radical (unpaired) electrons. The molecule has 13 atom stereocenters. The number of nitrogens with one attached hydrogen (secondary N) is 1. The molecule has 6 aliphatic rings. The van der Waals surface area contributed by atoms with Crippen molar-refractivity contribution in [2.24, 2.45) is 52.3 Å². The number of piperidine rings is 1. The van der Waals surface area contributed by atoms with Crippen LogP contribution < -0.4 is 5.32 Å². The molecule has 4 saturated carbocycles. The Morgan fingerprint density at radius 1 is 0.938 bits per heavy atom. The Hall–Kier alpha value is -0.200. The zero-order valence-corrected chi connectivity index (χ0v) is 20.3. The molecule has 0 aromatic heterocycles. The summed E-state index contributed by atoms with van der Waals surface area (Å²) in [4.78, 5) is 0. The lowest BCUT2D eigenvalue weighted by Crippen LogP contribution is -2.64. The van der Waals surface area contributed by atoms with Crippen LogP contribution in [0.25, 0.3) is 0 Å². The first-order chi connectivity index (χ1) is 15.2. The van der Waals surface area contributed by atoms with E-state index in [1.54, 1.807) is 0 Å². The molecule has 0 aromatic rings. The molecule has 0 amide bonds. The average molecular weight is 448 g/mol. The van der Waals surface area contributed by atoms with Crippen molar-refractivity contribution < 1.29 is 20.1 Å². The van der Waals surface area contributed by atoms with Crippen LogP contribution in [-0.4, -0.2) is 52.5 Å². The van der Waals surface area contributed by atoms with Crippen molar-refractivity contribution in [2.45, 2.75) is 103 Å². The van der Waals surface area contributed by atoms with Crippen LogP contribution in [0.1, 0.15) is 78.6 Å². The molecule has 182 valence electrons. The van der Waals surface area contributed by atoms with Gasteiger partial charge < -0.3 is 20.1 Å². The standard InChI is InChI=1S/C27H45NO4/c1-15-24-22(32-27(15)23(31)10-16(14-29)13-28-27)12-21-19-5-4-17-11-18(30)6-8-25(17,2)20(19)7-9-26(21,24)3/h15-24,28-31H,4-14H2,1-3H3/t15-,16+,17+,18+,19-,20+,21+,22+,23-,24+,25+,26+,27-/m1/s1. The lowest BCUT2D eigenvalue weighted by molar-refractivity contribution is -0.183. The van der Waals surface area contributed by atoms with Crippen molar-refractivity contribution in [3.8, 4) is 0 Å². The van der Waals surface area contributed by atoms with Gasteiger partial charge in [0.05, 0.1) is 18.3 Å². The quantitative estimate of drug-likeness (QED) is 0.496. The van der Waals surface area contributed by atoms with E-state index in [4.69, 9.17) is 4.74 Å². The normalized spacial score (nSPS) is 61.7. The van der Waals surface area contributed by atoms with Gasteiger partial charge in [-0.15, -0.1) is 0 Å². The minimum absolute atomic E-state index is 0.0744. The summed E-state index contributed by atoms with van der Waals surface area (Å²) in [6, 6.07) is 0. The molecule has 2 saturated heterocycles. The van der Waals surface area contributed by atoms with Crippen LogP contribution in [0.2, 0.25) is 0 Å². The molecule has 5 nitrogen and oxygen atoms in total. The van der Waals surface area contributed by atoms with E-state index in [2.05, 4.69) is 26.1 Å². The maximum atomic E-state index is 11.1. The van der Waals surface area contributed by atoms with Gasteiger partial charge in [0.25, 0.3) is 0 Å². The summed E-state index contributed by atoms with van der Waals surface area (Å²) in [5, 5.41) is 34.6. The largest absolute Gasteiger partial charge is 0.396 e. The van der Waals surface area contributed by atoms with Gasteiger partial charge in [-0.1, -0.05) is 20.8 Å². The molecule has 4 N–H and O–H groups in total. The number of aliphatic hydroxyl groups excluding tert-OH is 3. The fourth-order valence-electron chi connectivity index (χ4n) is 10.6. The van der Waals surface area contributed by atoms with Gasteiger partial charge in [-0.3, -0.25) is 5.32 Å². The van der Waals surface area contributed by atoms with E-state index >= 15 is 0 Å². The van der Waals surface area contributed by atoms with Crippen LogP contribution >= 0.6 is 0 Å². The molecular weight excluding hydrogens is 402 g/mol. The van der Waals surface area contributed by atoms with Crippen molar-refractivity contribution in [1.82, 2.24) is 5.32 Å². The third-order valence-electron chi connectivity index (χ3n) is 12.3. The number of hydrogen-bond donors (Lipinski definition) is 4. The van der Waals surface area contributed by atoms with Crippen molar-refractivity contribution >= 4 is 0 Å². The van der Waals surface area contributed by atoms with Crippen molar-refractivity contribution in [3.05, 3.63) is 0 Å². The van der Waals surface area contributed by atoms with Gasteiger partial charge in [-0.2, -0.15) is 0 Å². The summed E-state index contributed by atoms with van der Waals surface area (Å²) < 4.78 is 6.84. The average Bonchev–Trinajstić information content (AvgIpc) is 3.22. The minimum Gasteiger partial charge on any atom is -0.396 e. The topological polar surface area (TPSA) is 82.0 Å². The number of ether oxygens (including phenoxy) is 1. The monoisotopic (exact) mass is 447 g/mol. The number of fused-ring (bicyclic) bond motifs is 7. The summed E-state index contributed by atoms with van der Waals surface area (Å²) in [5.74, 6) is 3.94. The van der Waals surface area contributed by atoms with Gasteiger partial charge in [0.2, 0.25) is 0 Å². The fraction of sp³-hybridized carbons (Fsp3) is 1.00. The van der Waals surface area contributed by atoms with Crippen LogP contribution in [-0.2, 0) is 4.74 Å². The zero-order valence-electron chi connectivity index (χ0n) is 20.3. The second-order valence-electron chi connectivity index (χ2n) is 13.3. The van der Waals surface area contributed by atoms with Crippen LogP contribution in [0.4, 0.5) is 0 Å². The minimum atomic E-state index is -0.630. The highest BCUT2D eigenvalue weighted by molar-refractivity contribution is 5.17. The highest BCUT2D eigenvalue weighted by Gasteiger charge is 2.70. The molecule has 5 heteroatoms. The first kappa shape index (κ1) is 22.3. The molecule has 2 heterocycles. The van der Waals surface area contributed by atoms with Gasteiger partial charge >= 0.3 is 0 Å². The van der Waals surface area contributed by atoms with E-state index in [0.29, 0.717) is 29.1 Å². The third-order valence-corrected chi connectivity index (χ3v) is 12.3. The predicted octanol–water partition coefficient (Wildman–Crippen LogP) is 3.31. The lowest BCUT2D eigenvalue weighted by Gasteiger charge is -2.61. The Bertz CT molecular complexity index is 747. The molecule has 6 fully saturated rings. The maximum Gasteiger partial charge on any atom is 0.148 e. The van der Waals surface area contributed by atoms with Gasteiger partial charge in [-0.25, -0.2) is 0 Å². The van der Waals surface area contributed by atoms with E-state index in [-0.39, 0.29) is 30.7 Å². The maximum absolute atomic E-state index is 11.1. The molecule has 0 aromatic carbocycles. The van der Waals surface area contributed by atoms with Crippen molar-refractivity contribution in [2.75, 3.05) is 13.2 Å². The molecule has 4 aliphatic carbocycles. The molecule has 0 bridgehead atoms. The van der Waals surface area contributed by atoms with Gasteiger partial charge in [0.1, 0.15) is 5.72 Å². The zero-order chi connectivity index (χ0) is 22.5. The first-order valence-corrected chi connectivity index (χ1v) is 13.6. The van der Waals surface area contributed by atoms with Crippen molar-refractivity contribution in [3.63, 3.8) is 0 Å². The van der Waals surface area contributed by atoms with Crippen LogP contribution in [0.15, 0.2) is 0 Å². The fourth-order valence-corrected chi connectivity index (χ4v) is 10.6. The molecule has 32 heavy (non-hydrogen) atoms. The van der Waals surface area contributed by atoms with Gasteiger partial charge in [0, 0.05) is 19.1 Å². The number of hydrogen-bond acceptors (Lipinski definition) is 5.